The molecule has 0 bridgehead atoms. The van der Waals surface area contributed by atoms with Gasteiger partial charge in [0.25, 0.3) is 5.56 Å². The zero-order valence-corrected chi connectivity index (χ0v) is 11.6. The van der Waals surface area contributed by atoms with Crippen LogP contribution in [0, 0.1) is 5.82 Å². The summed E-state index contributed by atoms with van der Waals surface area (Å²) in [7, 11) is 3.00. The van der Waals surface area contributed by atoms with Crippen molar-refractivity contribution in [2.24, 2.45) is 14.1 Å². The Balaban J connectivity index is 2.19. The third-order valence-electron chi connectivity index (χ3n) is 3.48. The van der Waals surface area contributed by atoms with Crippen molar-refractivity contribution in [2.75, 3.05) is 0 Å². The number of hydrogen-bond donors (Lipinski definition) is 0. The van der Waals surface area contributed by atoms with E-state index in [-0.39, 0.29) is 5.82 Å². The van der Waals surface area contributed by atoms with Crippen LogP contribution in [0.2, 0.25) is 0 Å². The number of benzene rings is 1. The maximum Gasteiger partial charge on any atom is 0.332 e. The second-order valence-corrected chi connectivity index (χ2v) is 4.88. The molecule has 0 aliphatic rings. The van der Waals surface area contributed by atoms with Crippen molar-refractivity contribution in [1.82, 2.24) is 18.7 Å². The van der Waals surface area contributed by atoms with Gasteiger partial charge in [0.1, 0.15) is 5.82 Å². The Morgan fingerprint density at radius 1 is 1.10 bits per heavy atom. The van der Waals surface area contributed by atoms with Crippen LogP contribution in [0.25, 0.3) is 11.2 Å². The van der Waals surface area contributed by atoms with E-state index in [4.69, 9.17) is 0 Å². The number of nitrogens with zero attached hydrogens (tertiary/aromatic N) is 4. The van der Waals surface area contributed by atoms with Crippen molar-refractivity contribution in [2.45, 2.75) is 6.54 Å². The smallest absolute Gasteiger partial charge is 0.320 e. The molecule has 0 aliphatic carbocycles. The van der Waals surface area contributed by atoms with Crippen LogP contribution in [-0.4, -0.2) is 18.7 Å². The lowest BCUT2D eigenvalue weighted by molar-refractivity contribution is 0.626. The average molecular weight is 288 g/mol. The van der Waals surface area contributed by atoms with E-state index in [1.807, 2.05) is 0 Å². The van der Waals surface area contributed by atoms with E-state index < -0.39 is 11.2 Å². The molecule has 0 atom stereocenters. The summed E-state index contributed by atoms with van der Waals surface area (Å²) in [6.07, 6.45) is 1.51. The van der Waals surface area contributed by atoms with Crippen LogP contribution in [0.1, 0.15) is 5.56 Å². The summed E-state index contributed by atoms with van der Waals surface area (Å²) in [5.41, 5.74) is 0.716. The summed E-state index contributed by atoms with van der Waals surface area (Å²) in [5, 5.41) is 0. The Morgan fingerprint density at radius 3 is 2.43 bits per heavy atom. The highest BCUT2D eigenvalue weighted by Crippen LogP contribution is 2.10. The first-order valence-electron chi connectivity index (χ1n) is 6.34. The van der Waals surface area contributed by atoms with Crippen LogP contribution >= 0.6 is 0 Å². The molecule has 21 heavy (non-hydrogen) atoms. The third kappa shape index (κ3) is 2.06. The third-order valence-corrected chi connectivity index (χ3v) is 3.48. The fourth-order valence-electron chi connectivity index (χ4n) is 2.30. The number of imidazole rings is 1. The van der Waals surface area contributed by atoms with Crippen molar-refractivity contribution < 1.29 is 4.39 Å². The summed E-state index contributed by atoms with van der Waals surface area (Å²) < 4.78 is 17.0. The fourth-order valence-corrected chi connectivity index (χ4v) is 2.30. The molecule has 0 amide bonds. The van der Waals surface area contributed by atoms with Crippen molar-refractivity contribution in [3.8, 4) is 0 Å². The zero-order chi connectivity index (χ0) is 15.1. The quantitative estimate of drug-likeness (QED) is 0.694. The minimum absolute atomic E-state index is 0.312. The topological polar surface area (TPSA) is 61.8 Å². The second-order valence-electron chi connectivity index (χ2n) is 4.88. The average Bonchev–Trinajstić information content (AvgIpc) is 2.89. The lowest BCUT2D eigenvalue weighted by Crippen LogP contribution is -2.37. The van der Waals surface area contributed by atoms with Gasteiger partial charge >= 0.3 is 5.69 Å². The predicted molar refractivity (Wildman–Crippen MR) is 75.7 cm³/mol. The van der Waals surface area contributed by atoms with E-state index in [1.54, 1.807) is 23.7 Å². The van der Waals surface area contributed by atoms with Gasteiger partial charge in [0.15, 0.2) is 11.2 Å². The minimum atomic E-state index is -0.417. The maximum atomic E-state index is 12.9. The van der Waals surface area contributed by atoms with E-state index in [1.165, 1.54) is 30.1 Å². The lowest BCUT2D eigenvalue weighted by atomic mass is 10.2. The number of aromatic nitrogens is 4. The summed E-state index contributed by atoms with van der Waals surface area (Å²) in [4.78, 5) is 28.2. The van der Waals surface area contributed by atoms with Gasteiger partial charge in [-0.25, -0.2) is 14.2 Å². The highest BCUT2D eigenvalue weighted by atomic mass is 19.1. The first-order valence-corrected chi connectivity index (χ1v) is 6.34. The van der Waals surface area contributed by atoms with Gasteiger partial charge in [0, 0.05) is 20.6 Å². The van der Waals surface area contributed by atoms with Crippen LogP contribution in [-0.2, 0) is 20.6 Å². The normalized spacial score (nSPS) is 11.2. The standard InChI is InChI=1S/C14H13FN4O2/c1-17-12-11(13(20)18(2)14(17)21)19(8-16-12)7-9-3-5-10(15)6-4-9/h3-6,8H,7H2,1-2H3. The van der Waals surface area contributed by atoms with Crippen LogP contribution in [0.15, 0.2) is 40.2 Å². The van der Waals surface area contributed by atoms with E-state index in [2.05, 4.69) is 4.98 Å². The van der Waals surface area contributed by atoms with E-state index in [0.29, 0.717) is 17.7 Å². The highest BCUT2D eigenvalue weighted by Gasteiger charge is 2.14. The summed E-state index contributed by atoms with van der Waals surface area (Å²) in [6, 6.07) is 6.02. The molecule has 3 aromatic rings. The predicted octanol–water partition coefficient (Wildman–Crippen LogP) is 0.621. The molecule has 2 aromatic heterocycles. The number of halogens is 1. The zero-order valence-electron chi connectivity index (χ0n) is 11.6. The molecular weight excluding hydrogens is 275 g/mol. The molecule has 0 aliphatic heterocycles. The largest absolute Gasteiger partial charge is 0.332 e. The van der Waals surface area contributed by atoms with Gasteiger partial charge in [-0.3, -0.25) is 13.9 Å². The van der Waals surface area contributed by atoms with Gasteiger partial charge in [-0.1, -0.05) is 12.1 Å². The Kier molecular flexibility index (Phi) is 2.97. The Morgan fingerprint density at radius 2 is 1.76 bits per heavy atom. The first-order chi connectivity index (χ1) is 9.99. The molecule has 0 fully saturated rings. The van der Waals surface area contributed by atoms with Gasteiger partial charge in [0.05, 0.1) is 6.33 Å². The van der Waals surface area contributed by atoms with Gasteiger partial charge in [-0.05, 0) is 17.7 Å². The molecule has 1 aromatic carbocycles. The molecule has 7 heteroatoms. The number of rotatable bonds is 2. The number of aryl methyl sites for hydroxylation is 1. The van der Waals surface area contributed by atoms with E-state index >= 15 is 0 Å². The lowest BCUT2D eigenvalue weighted by Gasteiger charge is -2.06. The fraction of sp³-hybridized carbons (Fsp3) is 0.214. The van der Waals surface area contributed by atoms with Gasteiger partial charge in [-0.2, -0.15) is 0 Å². The molecule has 0 radical (unpaired) electrons. The first kappa shape index (κ1) is 13.3. The molecule has 0 N–H and O–H groups in total. The number of fused-ring (bicyclic) bond motifs is 1. The summed E-state index contributed by atoms with van der Waals surface area (Å²) >= 11 is 0. The second kappa shape index (κ2) is 4.69. The summed E-state index contributed by atoms with van der Waals surface area (Å²) in [5.74, 6) is -0.312. The molecule has 0 unspecified atom stereocenters. The minimum Gasteiger partial charge on any atom is -0.320 e. The van der Waals surface area contributed by atoms with Crippen LogP contribution < -0.4 is 11.2 Å². The maximum absolute atomic E-state index is 12.9. The monoisotopic (exact) mass is 288 g/mol. The van der Waals surface area contributed by atoms with Crippen LogP contribution in [0.3, 0.4) is 0 Å². The van der Waals surface area contributed by atoms with E-state index in [9.17, 15) is 14.0 Å². The van der Waals surface area contributed by atoms with Crippen molar-refractivity contribution in [1.29, 1.82) is 0 Å². The Hall–Kier alpha value is -2.70. The van der Waals surface area contributed by atoms with Crippen molar-refractivity contribution in [3.05, 3.63) is 62.8 Å². The molecule has 0 saturated heterocycles. The summed E-state index contributed by atoms with van der Waals surface area (Å²) in [6.45, 7) is 0.379. The van der Waals surface area contributed by atoms with Gasteiger partial charge < -0.3 is 4.57 Å². The molecule has 3 rings (SSSR count). The number of hydrogen-bond acceptors (Lipinski definition) is 3. The highest BCUT2D eigenvalue weighted by molar-refractivity contribution is 5.70. The SMILES string of the molecule is Cn1c(=O)c2c(ncn2Cc2ccc(F)cc2)n(C)c1=O. The van der Waals surface area contributed by atoms with Crippen LogP contribution in [0.4, 0.5) is 4.39 Å². The molecule has 0 spiro atoms. The van der Waals surface area contributed by atoms with Crippen LogP contribution in [0.5, 0.6) is 0 Å². The van der Waals surface area contributed by atoms with Crippen molar-refractivity contribution >= 4 is 11.2 Å². The van der Waals surface area contributed by atoms with Crippen molar-refractivity contribution in [3.63, 3.8) is 0 Å². The van der Waals surface area contributed by atoms with Gasteiger partial charge in [-0.15, -0.1) is 0 Å². The molecular formula is C14H13FN4O2. The van der Waals surface area contributed by atoms with E-state index in [0.717, 1.165) is 10.1 Å². The molecule has 108 valence electrons. The molecule has 6 nitrogen and oxygen atoms in total. The van der Waals surface area contributed by atoms with Gasteiger partial charge in [0.2, 0.25) is 0 Å². The Bertz CT molecular complexity index is 934. The molecule has 2 heterocycles. The Labute approximate surface area is 118 Å². The molecule has 0 saturated carbocycles.